The highest BCUT2D eigenvalue weighted by molar-refractivity contribution is 6.76. The Bertz CT molecular complexity index is 1020. The van der Waals surface area contributed by atoms with Crippen LogP contribution in [0.15, 0.2) is 0 Å². The van der Waals surface area contributed by atoms with Gasteiger partial charge in [-0.15, -0.1) is 19.3 Å². The first-order valence-electron chi connectivity index (χ1n) is 6.35. The van der Waals surface area contributed by atoms with Gasteiger partial charge in [0.1, 0.15) is 28.6 Å². The van der Waals surface area contributed by atoms with Crippen molar-refractivity contribution in [3.05, 3.63) is 31.3 Å². The molecule has 3 aliphatic rings. The maximum Gasteiger partial charge on any atom is 0.125 e. The molecule has 0 spiro atoms. The summed E-state index contributed by atoms with van der Waals surface area (Å²) in [6, 6.07) is 0. The fourth-order valence-corrected chi connectivity index (χ4v) is 6.27. The van der Waals surface area contributed by atoms with Gasteiger partial charge in [0.15, 0.2) is 0 Å². The van der Waals surface area contributed by atoms with E-state index in [1.54, 1.807) is 0 Å². The lowest BCUT2D eigenvalue weighted by Crippen LogP contribution is -2.64. The zero-order valence-corrected chi connectivity index (χ0v) is 14.0. The highest BCUT2D eigenvalue weighted by Crippen LogP contribution is 1.94. The van der Waals surface area contributed by atoms with E-state index in [2.05, 4.69) is 34.9 Å². The van der Waals surface area contributed by atoms with E-state index >= 15 is 0 Å². The third-order valence-corrected chi connectivity index (χ3v) is 7.23. The second-order valence-corrected chi connectivity index (χ2v) is 8.02. The summed E-state index contributed by atoms with van der Waals surface area (Å²) in [7, 11) is 1.66. The lowest BCUT2D eigenvalue weighted by molar-refractivity contribution is 1.32. The van der Waals surface area contributed by atoms with Crippen LogP contribution in [0.5, 0.6) is 0 Å². The van der Waals surface area contributed by atoms with E-state index in [4.69, 9.17) is 19.3 Å². The van der Waals surface area contributed by atoms with Gasteiger partial charge in [-0.2, -0.15) is 0 Å². The quantitative estimate of drug-likeness (QED) is 0.342. The van der Waals surface area contributed by atoms with Crippen LogP contribution >= 0.6 is 0 Å². The van der Waals surface area contributed by atoms with Gasteiger partial charge in [0.05, 0.1) is 0 Å². The standard InChI is InChI=1S/C18H6Si3/c1-4-13-16-10(7-19-13)17-12(9-21-14(17)5-2)18-11(16)8-20-15(18)6-3/h1-3,7-9H. The van der Waals surface area contributed by atoms with Crippen LogP contribution < -0.4 is 31.3 Å². The van der Waals surface area contributed by atoms with E-state index in [0.29, 0.717) is 28.6 Å². The zero-order chi connectivity index (χ0) is 14.6. The lowest BCUT2D eigenvalue weighted by atomic mass is 10.1. The van der Waals surface area contributed by atoms with Gasteiger partial charge in [-0.05, 0) is 46.9 Å². The molecule has 3 heteroatoms. The van der Waals surface area contributed by atoms with Crippen molar-refractivity contribution in [1.29, 1.82) is 0 Å². The van der Waals surface area contributed by atoms with Crippen molar-refractivity contribution in [2.75, 3.05) is 0 Å². The largest absolute Gasteiger partial charge is 0.125 e. The minimum atomic E-state index is 0.553. The summed E-state index contributed by atoms with van der Waals surface area (Å²) in [5.74, 6) is 8.57. The highest BCUT2D eigenvalue weighted by Gasteiger charge is 2.17. The molecule has 6 radical (unpaired) electrons. The second-order valence-electron chi connectivity index (χ2n) is 4.79. The van der Waals surface area contributed by atoms with Crippen LogP contribution in [0, 0.1) is 37.0 Å². The average molecular weight is 307 g/mol. The molecule has 1 aromatic carbocycles. The zero-order valence-electron chi connectivity index (χ0n) is 11.0. The number of terminal acetylenes is 3. The predicted octanol–water partition coefficient (Wildman–Crippen LogP) is -3.72. The molecule has 0 nitrogen and oxygen atoms in total. The molecule has 3 aliphatic heterocycles. The minimum absolute atomic E-state index is 0.553. The van der Waals surface area contributed by atoms with E-state index in [1.165, 1.54) is 31.3 Å². The smallest absolute Gasteiger partial charge is 0.115 e. The summed E-state index contributed by atoms with van der Waals surface area (Å²) in [5.41, 5.74) is 6.74. The maximum atomic E-state index is 5.71. The summed E-state index contributed by atoms with van der Waals surface area (Å²) >= 11 is 0. The molecular formula is C18H6Si3. The minimum Gasteiger partial charge on any atom is -0.115 e. The Morgan fingerprint density at radius 3 is 1.10 bits per heavy atom. The molecule has 0 aliphatic carbocycles. The number of hydrogen-bond donors (Lipinski definition) is 0. The molecule has 0 aromatic heterocycles. The first-order chi connectivity index (χ1) is 10.3. The van der Waals surface area contributed by atoms with E-state index in [9.17, 15) is 0 Å². The molecule has 0 amide bonds. The molecule has 0 saturated heterocycles. The van der Waals surface area contributed by atoms with Crippen LogP contribution in [0.3, 0.4) is 0 Å². The molecule has 0 fully saturated rings. The SMILES string of the molecule is C#CC1=c2c(c3c(c4c2=C[Si]C=4C#C)=C[Si]C=3C#C)=C[Si]1. The molecule has 90 valence electrons. The number of rotatable bonds is 0. The topological polar surface area (TPSA) is 0 Å². The molecule has 0 N–H and O–H groups in total. The van der Waals surface area contributed by atoms with Gasteiger partial charge in [-0.3, -0.25) is 0 Å². The van der Waals surface area contributed by atoms with Crippen molar-refractivity contribution in [3.8, 4) is 37.0 Å². The third-order valence-electron chi connectivity index (χ3n) is 3.88. The summed E-state index contributed by atoms with van der Waals surface area (Å²) in [6.45, 7) is 0. The van der Waals surface area contributed by atoms with E-state index < -0.39 is 0 Å². The molecule has 21 heavy (non-hydrogen) atoms. The van der Waals surface area contributed by atoms with Gasteiger partial charge in [-0.1, -0.05) is 34.9 Å². The van der Waals surface area contributed by atoms with Crippen molar-refractivity contribution in [2.45, 2.75) is 0 Å². The van der Waals surface area contributed by atoms with E-state index in [1.807, 2.05) is 0 Å². The molecule has 1 aromatic rings. The Labute approximate surface area is 129 Å². The second kappa shape index (κ2) is 4.38. The summed E-state index contributed by atoms with van der Waals surface area (Å²) in [6.07, 6.45) is 17.1. The van der Waals surface area contributed by atoms with Crippen molar-refractivity contribution in [3.63, 3.8) is 0 Å². The van der Waals surface area contributed by atoms with Gasteiger partial charge in [-0.25, -0.2) is 0 Å². The Hall–Kier alpha value is -2.23. The Morgan fingerprint density at radius 1 is 0.571 bits per heavy atom. The normalized spacial score (nSPS) is 16.7. The predicted molar refractivity (Wildman–Crippen MR) is 91.6 cm³/mol. The van der Waals surface area contributed by atoms with Crippen LogP contribution in [0.25, 0.3) is 32.7 Å². The van der Waals surface area contributed by atoms with Gasteiger partial charge in [0.25, 0.3) is 0 Å². The summed E-state index contributed by atoms with van der Waals surface area (Å²) in [5, 5.41) is 10.6. The Morgan fingerprint density at radius 2 is 0.857 bits per heavy atom. The number of fused-ring (bicyclic) bond motifs is 6. The van der Waals surface area contributed by atoms with Crippen LogP contribution in [-0.2, 0) is 0 Å². The Kier molecular flexibility index (Phi) is 2.61. The van der Waals surface area contributed by atoms with Gasteiger partial charge in [0, 0.05) is 0 Å². The fraction of sp³-hybridized carbons (Fsp3) is 0. The van der Waals surface area contributed by atoms with Gasteiger partial charge < -0.3 is 0 Å². The van der Waals surface area contributed by atoms with Crippen LogP contribution in [0.1, 0.15) is 0 Å². The first kappa shape index (κ1) is 12.5. The molecule has 0 bridgehead atoms. The van der Waals surface area contributed by atoms with E-state index in [-0.39, 0.29) is 0 Å². The summed E-state index contributed by atoms with van der Waals surface area (Å²) in [4.78, 5) is 0. The average Bonchev–Trinajstić information content (AvgIpc) is 3.20. The van der Waals surface area contributed by atoms with Gasteiger partial charge in [0.2, 0.25) is 0 Å². The van der Waals surface area contributed by atoms with E-state index in [0.717, 1.165) is 15.6 Å². The third kappa shape index (κ3) is 1.47. The maximum absolute atomic E-state index is 5.71. The van der Waals surface area contributed by atoms with Crippen LogP contribution in [-0.4, -0.2) is 28.6 Å². The molecule has 0 saturated carbocycles. The van der Waals surface area contributed by atoms with Crippen molar-refractivity contribution < 1.29 is 0 Å². The fourth-order valence-electron chi connectivity index (χ4n) is 3.04. The highest BCUT2D eigenvalue weighted by atomic mass is 28.2. The molecule has 3 heterocycles. The molecule has 0 unspecified atom stereocenters. The van der Waals surface area contributed by atoms with Crippen molar-refractivity contribution >= 4 is 61.2 Å². The summed E-state index contributed by atoms with van der Waals surface area (Å²) < 4.78 is 0. The first-order valence-corrected chi connectivity index (χ1v) is 9.58. The lowest BCUT2D eigenvalue weighted by Gasteiger charge is -1.97. The van der Waals surface area contributed by atoms with Crippen LogP contribution in [0.2, 0.25) is 0 Å². The van der Waals surface area contributed by atoms with Gasteiger partial charge >= 0.3 is 0 Å². The number of hydrogen-bond acceptors (Lipinski definition) is 0. The molecule has 4 rings (SSSR count). The monoisotopic (exact) mass is 306 g/mol. The van der Waals surface area contributed by atoms with Crippen LogP contribution in [0.4, 0.5) is 0 Å². The van der Waals surface area contributed by atoms with Crippen molar-refractivity contribution in [2.24, 2.45) is 0 Å². The molecular weight excluding hydrogens is 300 g/mol. The van der Waals surface area contributed by atoms with Crippen molar-refractivity contribution in [1.82, 2.24) is 0 Å². The molecule has 0 atom stereocenters. The number of benzene rings is 1. The Balaban J connectivity index is 2.56.